The predicted molar refractivity (Wildman–Crippen MR) is 146 cm³/mol. The molecule has 13 heteroatoms. The van der Waals surface area contributed by atoms with Crippen LogP contribution in [0.25, 0.3) is 11.5 Å². The van der Waals surface area contributed by atoms with Crippen LogP contribution in [0.4, 0.5) is 18.9 Å². The van der Waals surface area contributed by atoms with Crippen molar-refractivity contribution in [3.05, 3.63) is 69.5 Å². The highest BCUT2D eigenvalue weighted by atomic mass is 35.5. The van der Waals surface area contributed by atoms with Gasteiger partial charge in [-0.1, -0.05) is 35.3 Å². The minimum atomic E-state index is -5.00. The van der Waals surface area contributed by atoms with Gasteiger partial charge in [0.2, 0.25) is 17.6 Å². The highest BCUT2D eigenvalue weighted by Gasteiger charge is 2.42. The van der Waals surface area contributed by atoms with Crippen molar-refractivity contribution in [3.63, 3.8) is 0 Å². The number of nitrogens with one attached hydrogen (secondary N) is 2. The van der Waals surface area contributed by atoms with Crippen LogP contribution in [-0.2, 0) is 15.8 Å². The van der Waals surface area contributed by atoms with Gasteiger partial charge in [-0.15, -0.1) is 0 Å². The molecule has 0 saturated heterocycles. The molecule has 2 aromatic carbocycles. The number of rotatable bonds is 9. The summed E-state index contributed by atoms with van der Waals surface area (Å²) in [5.74, 6) is -3.93. The average molecular weight is 612 g/mol. The van der Waals surface area contributed by atoms with E-state index in [-0.39, 0.29) is 40.9 Å². The van der Waals surface area contributed by atoms with E-state index in [4.69, 9.17) is 32.7 Å². The van der Waals surface area contributed by atoms with Gasteiger partial charge in [-0.2, -0.15) is 13.2 Å². The van der Waals surface area contributed by atoms with E-state index in [0.717, 1.165) is 31.2 Å². The number of hydrogen-bond acceptors (Lipinski definition) is 5. The van der Waals surface area contributed by atoms with Crippen molar-refractivity contribution in [2.45, 2.75) is 50.6 Å². The third-order valence-electron chi connectivity index (χ3n) is 6.87. The third-order valence-corrected chi connectivity index (χ3v) is 7.42. The maximum atomic E-state index is 13.6. The zero-order chi connectivity index (χ0) is 29.7. The number of carbonyl (C=O) groups is 3. The normalized spacial score (nSPS) is 17.2. The number of hydrogen-bond donors (Lipinski definition) is 3. The second kappa shape index (κ2) is 12.9. The largest absolute Gasteiger partial charge is 0.481 e. The lowest BCUT2D eigenvalue weighted by molar-refractivity contribution is -0.153. The van der Waals surface area contributed by atoms with E-state index in [1.165, 1.54) is 18.2 Å². The average Bonchev–Trinajstić information content (AvgIpc) is 3.35. The van der Waals surface area contributed by atoms with Crippen molar-refractivity contribution >= 4 is 46.7 Å². The molecule has 1 aliphatic rings. The molecule has 8 nitrogen and oxygen atoms in total. The molecule has 218 valence electrons. The molecule has 0 bridgehead atoms. The summed E-state index contributed by atoms with van der Waals surface area (Å²) in [7, 11) is 0. The first-order chi connectivity index (χ1) is 19.4. The number of carboxylic acids is 1. The molecule has 1 heterocycles. The Balaban J connectivity index is 1.30. The molecule has 1 saturated carbocycles. The Morgan fingerprint density at radius 2 is 1.71 bits per heavy atom. The Kier molecular flexibility index (Phi) is 9.60. The molecule has 0 atom stereocenters. The number of carbonyl (C=O) groups excluding carboxylic acids is 2. The molecule has 1 fully saturated rings. The van der Waals surface area contributed by atoms with E-state index in [2.05, 4.69) is 15.6 Å². The van der Waals surface area contributed by atoms with Crippen LogP contribution in [0, 0.1) is 5.92 Å². The molecule has 2 amide bonds. The number of aromatic nitrogens is 1. The van der Waals surface area contributed by atoms with Crippen LogP contribution >= 0.6 is 23.2 Å². The molecule has 1 aliphatic carbocycles. The van der Waals surface area contributed by atoms with E-state index in [0.29, 0.717) is 11.6 Å². The van der Waals surface area contributed by atoms with Crippen LogP contribution in [0.2, 0.25) is 10.0 Å². The number of oxazole rings is 1. The lowest BCUT2D eigenvalue weighted by atomic mass is 9.77. The second-order valence-electron chi connectivity index (χ2n) is 9.81. The summed E-state index contributed by atoms with van der Waals surface area (Å²) >= 11 is 11.9. The highest BCUT2D eigenvalue weighted by molar-refractivity contribution is 6.36. The van der Waals surface area contributed by atoms with Gasteiger partial charge in [0, 0.05) is 30.1 Å². The zero-order valence-electron chi connectivity index (χ0n) is 21.6. The number of aliphatic carboxylic acids is 1. The molecule has 4 rings (SSSR count). The van der Waals surface area contributed by atoms with Crippen LogP contribution in [0.5, 0.6) is 0 Å². The lowest BCUT2D eigenvalue weighted by Gasteiger charge is -2.28. The molecule has 0 unspecified atom stereocenters. The van der Waals surface area contributed by atoms with Gasteiger partial charge in [0.05, 0.1) is 10.6 Å². The number of amides is 2. The predicted octanol–water partition coefficient (Wildman–Crippen LogP) is 7.17. The first kappa shape index (κ1) is 30.4. The monoisotopic (exact) mass is 611 g/mol. The minimum absolute atomic E-state index is 0.00717. The van der Waals surface area contributed by atoms with Gasteiger partial charge in [0.1, 0.15) is 0 Å². The van der Waals surface area contributed by atoms with Crippen LogP contribution in [0.1, 0.15) is 66.3 Å². The van der Waals surface area contributed by atoms with Crippen molar-refractivity contribution in [2.24, 2.45) is 5.92 Å². The lowest BCUT2D eigenvalue weighted by Crippen LogP contribution is -2.29. The molecular weight excluding hydrogens is 586 g/mol. The van der Waals surface area contributed by atoms with Crippen LogP contribution in [0.3, 0.4) is 0 Å². The van der Waals surface area contributed by atoms with Gasteiger partial charge in [0.15, 0.2) is 5.69 Å². The van der Waals surface area contributed by atoms with Gasteiger partial charge in [-0.05, 0) is 73.4 Å². The number of anilines is 1. The van der Waals surface area contributed by atoms with Gasteiger partial charge < -0.3 is 20.2 Å². The molecule has 3 aromatic rings. The van der Waals surface area contributed by atoms with Crippen LogP contribution < -0.4 is 10.6 Å². The summed E-state index contributed by atoms with van der Waals surface area (Å²) in [4.78, 5) is 39.5. The summed E-state index contributed by atoms with van der Waals surface area (Å²) < 4.78 is 45.5. The van der Waals surface area contributed by atoms with Crippen molar-refractivity contribution in [1.29, 1.82) is 0 Å². The van der Waals surface area contributed by atoms with Crippen molar-refractivity contribution < 1.29 is 37.1 Å². The van der Waals surface area contributed by atoms with E-state index in [1.807, 2.05) is 12.1 Å². The van der Waals surface area contributed by atoms with Gasteiger partial charge in [0.25, 0.3) is 5.91 Å². The molecular formula is C28H26Cl2F3N3O5. The topological polar surface area (TPSA) is 122 Å². The van der Waals surface area contributed by atoms with Crippen LogP contribution in [0.15, 0.2) is 46.9 Å². The first-order valence-corrected chi connectivity index (χ1v) is 13.6. The van der Waals surface area contributed by atoms with E-state index in [1.54, 1.807) is 12.1 Å². The Bertz CT molecular complexity index is 1420. The summed E-state index contributed by atoms with van der Waals surface area (Å²) in [5, 5.41) is 14.2. The number of benzene rings is 2. The van der Waals surface area contributed by atoms with Gasteiger partial charge >= 0.3 is 12.1 Å². The number of carboxylic acid groups (broad SMARTS) is 1. The smallest absolute Gasteiger partial charge is 0.452 e. The van der Waals surface area contributed by atoms with Crippen molar-refractivity contribution in [1.82, 2.24) is 10.3 Å². The van der Waals surface area contributed by atoms with E-state index < -0.39 is 41.3 Å². The Labute approximate surface area is 243 Å². The quantitative estimate of drug-likeness (QED) is 0.236. The van der Waals surface area contributed by atoms with E-state index in [9.17, 15) is 27.6 Å². The summed E-state index contributed by atoms with van der Waals surface area (Å²) in [6.07, 6.45) is -1.49. The maximum absolute atomic E-state index is 13.6. The first-order valence-electron chi connectivity index (χ1n) is 12.8. The molecule has 0 radical (unpaired) electrons. The second-order valence-corrected chi connectivity index (χ2v) is 10.7. The molecule has 41 heavy (non-hydrogen) atoms. The molecule has 0 spiro atoms. The van der Waals surface area contributed by atoms with Gasteiger partial charge in [-0.3, -0.25) is 14.4 Å². The number of nitrogens with zero attached hydrogens (tertiary/aromatic N) is 1. The summed E-state index contributed by atoms with van der Waals surface area (Å²) in [6.45, 7) is -0.247. The fourth-order valence-corrected chi connectivity index (χ4v) is 5.32. The number of halogens is 5. The maximum Gasteiger partial charge on any atom is 0.452 e. The Morgan fingerprint density at radius 3 is 2.32 bits per heavy atom. The van der Waals surface area contributed by atoms with Crippen LogP contribution in [-0.4, -0.2) is 34.4 Å². The SMILES string of the molecule is O=C(O)CC1CCC(c2ccc(NC(=O)CCNC(=O)c3nc(-c4ccc(Cl)cc4Cl)oc3C(F)(F)F)cc2)CC1. The Morgan fingerprint density at radius 1 is 1.02 bits per heavy atom. The Hall–Kier alpha value is -3.57. The van der Waals surface area contributed by atoms with E-state index >= 15 is 0 Å². The van der Waals surface area contributed by atoms with Crippen molar-refractivity contribution in [2.75, 3.05) is 11.9 Å². The third kappa shape index (κ3) is 8.01. The number of alkyl halides is 3. The highest BCUT2D eigenvalue weighted by Crippen LogP contribution is 2.38. The van der Waals surface area contributed by atoms with Gasteiger partial charge in [-0.25, -0.2) is 4.98 Å². The minimum Gasteiger partial charge on any atom is -0.481 e. The molecule has 3 N–H and O–H groups in total. The standard InChI is InChI=1S/C28H26Cl2F3N3O5/c29-18-7-10-20(21(30)14-18)27-36-24(25(41-27)28(31,32)33)26(40)34-12-11-22(37)35-19-8-5-17(6-9-19)16-3-1-15(2-4-16)13-23(38)39/h5-10,14-16H,1-4,11-13H2,(H,34,40)(H,35,37)(H,38,39). The zero-order valence-corrected chi connectivity index (χ0v) is 23.1. The summed E-state index contributed by atoms with van der Waals surface area (Å²) in [6, 6.07) is 11.3. The fraction of sp³-hybridized carbons (Fsp3) is 0.357. The fourth-order valence-electron chi connectivity index (χ4n) is 4.83. The van der Waals surface area contributed by atoms with Crippen molar-refractivity contribution in [3.8, 4) is 11.5 Å². The molecule has 1 aromatic heterocycles. The molecule has 0 aliphatic heterocycles. The summed E-state index contributed by atoms with van der Waals surface area (Å²) in [5.41, 5.74) is 0.685.